The molecule has 0 heterocycles. The van der Waals surface area contributed by atoms with E-state index in [9.17, 15) is 0 Å². The first kappa shape index (κ1) is 17.4. The lowest BCUT2D eigenvalue weighted by Gasteiger charge is -2.56. The molecule has 0 aromatic rings. The smallest absolute Gasteiger partial charge is 0.0321 e. The molecule has 4 saturated carbocycles. The van der Waals surface area contributed by atoms with E-state index in [1.807, 2.05) is 0 Å². The minimum Gasteiger partial charge on any atom is -0.0651 e. The van der Waals surface area contributed by atoms with Gasteiger partial charge in [-0.15, -0.1) is 0 Å². The van der Waals surface area contributed by atoms with Crippen LogP contribution in [0.2, 0.25) is 0 Å². The fraction of sp³-hybridized carbons (Fsp3) is 1.00. The van der Waals surface area contributed by atoms with Crippen molar-refractivity contribution in [3.8, 4) is 0 Å². The van der Waals surface area contributed by atoms with Crippen molar-refractivity contribution in [3.05, 3.63) is 0 Å². The molecule has 0 radical (unpaired) electrons. The normalized spacial score (nSPS) is 49.2. The highest BCUT2D eigenvalue weighted by Crippen LogP contribution is 2.58. The SMILES string of the molecule is CCC1CCC2CCCCC2C1C1C(CC)CCC2CCCCC21. The van der Waals surface area contributed by atoms with Gasteiger partial charge in [-0.1, -0.05) is 65.2 Å². The molecular formula is C24H42. The van der Waals surface area contributed by atoms with E-state index in [1.54, 1.807) is 77.0 Å². The lowest BCUT2D eigenvalue weighted by Crippen LogP contribution is -2.49. The van der Waals surface area contributed by atoms with E-state index >= 15 is 0 Å². The minimum atomic E-state index is 1.07. The first-order valence-corrected chi connectivity index (χ1v) is 11.8. The van der Waals surface area contributed by atoms with Gasteiger partial charge in [-0.25, -0.2) is 0 Å². The van der Waals surface area contributed by atoms with Gasteiger partial charge in [0.05, 0.1) is 0 Å². The maximum atomic E-state index is 2.52. The highest BCUT2D eigenvalue weighted by atomic mass is 14.5. The Bertz CT molecular complexity index is 361. The quantitative estimate of drug-likeness (QED) is 0.503. The van der Waals surface area contributed by atoms with Gasteiger partial charge < -0.3 is 0 Å². The molecule has 0 amide bonds. The van der Waals surface area contributed by atoms with Crippen molar-refractivity contribution in [2.45, 2.75) is 104 Å². The van der Waals surface area contributed by atoms with E-state index in [0.29, 0.717) is 0 Å². The van der Waals surface area contributed by atoms with Crippen molar-refractivity contribution in [1.29, 1.82) is 0 Å². The van der Waals surface area contributed by atoms with Crippen LogP contribution in [-0.4, -0.2) is 0 Å². The van der Waals surface area contributed by atoms with Gasteiger partial charge in [0, 0.05) is 0 Å². The predicted molar refractivity (Wildman–Crippen MR) is 104 cm³/mol. The Morgan fingerprint density at radius 1 is 0.500 bits per heavy atom. The minimum absolute atomic E-state index is 1.07. The Kier molecular flexibility index (Phi) is 5.59. The van der Waals surface area contributed by atoms with Gasteiger partial charge in [-0.2, -0.15) is 0 Å². The van der Waals surface area contributed by atoms with Crippen molar-refractivity contribution < 1.29 is 0 Å². The standard InChI is InChI=1S/C24H42/c1-3-17-13-15-19-9-5-7-11-21(19)23(17)24-18(4-2)14-16-20-10-6-8-12-22(20)24/h17-24H,3-16H2,1-2H3. The van der Waals surface area contributed by atoms with Gasteiger partial charge in [-0.05, 0) is 85.9 Å². The Morgan fingerprint density at radius 2 is 0.917 bits per heavy atom. The Morgan fingerprint density at radius 3 is 1.33 bits per heavy atom. The summed E-state index contributed by atoms with van der Waals surface area (Å²) in [4.78, 5) is 0. The molecule has 0 aromatic heterocycles. The van der Waals surface area contributed by atoms with Crippen LogP contribution >= 0.6 is 0 Å². The predicted octanol–water partition coefficient (Wildman–Crippen LogP) is 7.47. The average molecular weight is 331 g/mol. The molecule has 0 nitrogen and oxygen atoms in total. The largest absolute Gasteiger partial charge is 0.0651 e. The highest BCUT2D eigenvalue weighted by molar-refractivity contribution is 4.99. The molecule has 0 saturated heterocycles. The topological polar surface area (TPSA) is 0 Å². The molecule has 0 N–H and O–H groups in total. The Hall–Kier alpha value is 0. The van der Waals surface area contributed by atoms with E-state index < -0.39 is 0 Å². The second-order valence-corrected chi connectivity index (χ2v) is 10.1. The summed E-state index contributed by atoms with van der Waals surface area (Å²) in [6.45, 7) is 5.03. The van der Waals surface area contributed by atoms with E-state index in [1.165, 1.54) is 12.8 Å². The lowest BCUT2D eigenvalue weighted by molar-refractivity contribution is -0.0701. The average Bonchev–Trinajstić information content (AvgIpc) is 2.66. The summed E-state index contributed by atoms with van der Waals surface area (Å²) in [7, 11) is 0. The molecule has 0 bridgehead atoms. The first-order chi connectivity index (χ1) is 11.8. The van der Waals surface area contributed by atoms with Crippen LogP contribution in [0.5, 0.6) is 0 Å². The zero-order valence-electron chi connectivity index (χ0n) is 16.5. The van der Waals surface area contributed by atoms with Gasteiger partial charge in [0.2, 0.25) is 0 Å². The molecule has 8 atom stereocenters. The van der Waals surface area contributed by atoms with Crippen LogP contribution in [-0.2, 0) is 0 Å². The van der Waals surface area contributed by atoms with Crippen molar-refractivity contribution in [2.75, 3.05) is 0 Å². The van der Waals surface area contributed by atoms with Crippen molar-refractivity contribution in [2.24, 2.45) is 47.3 Å². The monoisotopic (exact) mass is 330 g/mol. The van der Waals surface area contributed by atoms with Gasteiger partial charge in [0.15, 0.2) is 0 Å². The number of hydrogen-bond donors (Lipinski definition) is 0. The van der Waals surface area contributed by atoms with Crippen molar-refractivity contribution in [1.82, 2.24) is 0 Å². The molecule has 138 valence electrons. The van der Waals surface area contributed by atoms with Crippen molar-refractivity contribution >= 4 is 0 Å². The number of fused-ring (bicyclic) bond motifs is 2. The van der Waals surface area contributed by atoms with Crippen molar-refractivity contribution in [3.63, 3.8) is 0 Å². The Labute approximate surface area is 151 Å². The van der Waals surface area contributed by atoms with Crippen LogP contribution in [0, 0.1) is 47.3 Å². The zero-order chi connectivity index (χ0) is 16.5. The molecule has 24 heavy (non-hydrogen) atoms. The van der Waals surface area contributed by atoms with Gasteiger partial charge in [0.25, 0.3) is 0 Å². The summed E-state index contributed by atoms with van der Waals surface area (Å²) in [6.07, 6.45) is 21.8. The molecule has 4 rings (SSSR count). The highest BCUT2D eigenvalue weighted by Gasteiger charge is 2.50. The Balaban J connectivity index is 1.64. The molecule has 4 aliphatic carbocycles. The van der Waals surface area contributed by atoms with Crippen LogP contribution in [0.1, 0.15) is 104 Å². The third-order valence-corrected chi connectivity index (χ3v) is 9.32. The fourth-order valence-corrected chi connectivity index (χ4v) is 8.30. The third-order valence-electron chi connectivity index (χ3n) is 9.32. The summed E-state index contributed by atoms with van der Waals surface area (Å²) in [5.41, 5.74) is 0. The van der Waals surface area contributed by atoms with Crippen LogP contribution in [0.15, 0.2) is 0 Å². The lowest BCUT2D eigenvalue weighted by atomic mass is 9.49. The van der Waals surface area contributed by atoms with E-state index in [2.05, 4.69) is 13.8 Å². The molecular weight excluding hydrogens is 288 g/mol. The number of rotatable bonds is 3. The molecule has 0 heteroatoms. The summed E-state index contributed by atoms with van der Waals surface area (Å²) in [6, 6.07) is 0. The van der Waals surface area contributed by atoms with Crippen LogP contribution in [0.25, 0.3) is 0 Å². The van der Waals surface area contributed by atoms with Crippen LogP contribution in [0.4, 0.5) is 0 Å². The molecule has 8 unspecified atom stereocenters. The second-order valence-electron chi connectivity index (χ2n) is 10.1. The summed E-state index contributed by atoms with van der Waals surface area (Å²) < 4.78 is 0. The zero-order valence-corrected chi connectivity index (χ0v) is 16.5. The molecule has 0 spiro atoms. The molecule has 4 fully saturated rings. The molecule has 4 aliphatic rings. The number of hydrogen-bond acceptors (Lipinski definition) is 0. The van der Waals surface area contributed by atoms with E-state index in [-0.39, 0.29) is 0 Å². The summed E-state index contributed by atoms with van der Waals surface area (Å²) in [5.74, 6) is 8.86. The maximum Gasteiger partial charge on any atom is -0.0321 e. The maximum absolute atomic E-state index is 2.52. The second kappa shape index (κ2) is 7.71. The summed E-state index contributed by atoms with van der Waals surface area (Å²) >= 11 is 0. The summed E-state index contributed by atoms with van der Waals surface area (Å²) in [5, 5.41) is 0. The third kappa shape index (κ3) is 3.09. The van der Waals surface area contributed by atoms with E-state index in [0.717, 1.165) is 47.3 Å². The molecule has 0 aliphatic heterocycles. The fourth-order valence-electron chi connectivity index (χ4n) is 8.30. The van der Waals surface area contributed by atoms with Gasteiger partial charge >= 0.3 is 0 Å². The molecule has 0 aromatic carbocycles. The van der Waals surface area contributed by atoms with E-state index in [4.69, 9.17) is 0 Å². The first-order valence-electron chi connectivity index (χ1n) is 11.8. The van der Waals surface area contributed by atoms with Gasteiger partial charge in [-0.3, -0.25) is 0 Å². The van der Waals surface area contributed by atoms with Crippen LogP contribution < -0.4 is 0 Å². The van der Waals surface area contributed by atoms with Gasteiger partial charge in [0.1, 0.15) is 0 Å². The van der Waals surface area contributed by atoms with Crippen LogP contribution in [0.3, 0.4) is 0 Å².